The SMILES string of the molecule is Cc1nc2ccccc2nc1N1CCOC(C(C)N)C1. The fraction of sp³-hybridized carbons (Fsp3) is 0.467. The Hall–Kier alpha value is -1.72. The molecule has 2 atom stereocenters. The number of nitrogens with zero attached hydrogens (tertiary/aromatic N) is 3. The van der Waals surface area contributed by atoms with Crippen LogP contribution in [0.5, 0.6) is 0 Å². The zero-order chi connectivity index (χ0) is 14.1. The highest BCUT2D eigenvalue weighted by molar-refractivity contribution is 5.76. The van der Waals surface area contributed by atoms with Crippen LogP contribution < -0.4 is 10.6 Å². The summed E-state index contributed by atoms with van der Waals surface area (Å²) in [4.78, 5) is 11.6. The number of morpholine rings is 1. The summed E-state index contributed by atoms with van der Waals surface area (Å²) >= 11 is 0. The van der Waals surface area contributed by atoms with Gasteiger partial charge in [-0.3, -0.25) is 0 Å². The molecule has 106 valence electrons. The van der Waals surface area contributed by atoms with Crippen LogP contribution in [0.4, 0.5) is 5.82 Å². The van der Waals surface area contributed by atoms with Gasteiger partial charge in [-0.1, -0.05) is 12.1 Å². The number of hydrogen-bond acceptors (Lipinski definition) is 5. The average Bonchev–Trinajstić information content (AvgIpc) is 2.46. The summed E-state index contributed by atoms with van der Waals surface area (Å²) in [6.45, 7) is 6.26. The van der Waals surface area contributed by atoms with Gasteiger partial charge in [0, 0.05) is 19.1 Å². The van der Waals surface area contributed by atoms with Crippen LogP contribution in [0.3, 0.4) is 0 Å². The van der Waals surface area contributed by atoms with Crippen molar-refractivity contribution < 1.29 is 4.74 Å². The van der Waals surface area contributed by atoms with Crippen LogP contribution in [-0.4, -0.2) is 41.8 Å². The second-order valence-corrected chi connectivity index (χ2v) is 5.34. The first-order chi connectivity index (χ1) is 9.65. The van der Waals surface area contributed by atoms with Crippen molar-refractivity contribution in [2.24, 2.45) is 5.73 Å². The number of ether oxygens (including phenoxy) is 1. The lowest BCUT2D eigenvalue weighted by atomic mass is 10.1. The summed E-state index contributed by atoms with van der Waals surface area (Å²) in [5.74, 6) is 0.942. The van der Waals surface area contributed by atoms with Crippen LogP contribution in [-0.2, 0) is 4.74 Å². The number of hydrogen-bond donors (Lipinski definition) is 1. The van der Waals surface area contributed by atoms with Gasteiger partial charge in [0.15, 0.2) is 5.82 Å². The smallest absolute Gasteiger partial charge is 0.150 e. The molecule has 1 saturated heterocycles. The van der Waals surface area contributed by atoms with Gasteiger partial charge < -0.3 is 15.4 Å². The third kappa shape index (κ3) is 2.46. The summed E-state index contributed by atoms with van der Waals surface area (Å²) in [5, 5.41) is 0. The van der Waals surface area contributed by atoms with Crippen molar-refractivity contribution in [1.82, 2.24) is 9.97 Å². The molecule has 5 heteroatoms. The molecule has 0 saturated carbocycles. The topological polar surface area (TPSA) is 64.3 Å². The van der Waals surface area contributed by atoms with E-state index in [1.165, 1.54) is 0 Å². The van der Waals surface area contributed by atoms with Crippen molar-refractivity contribution in [3.8, 4) is 0 Å². The number of aromatic nitrogens is 2. The third-order valence-electron chi connectivity index (χ3n) is 3.70. The molecule has 1 fully saturated rings. The minimum Gasteiger partial charge on any atom is -0.373 e. The van der Waals surface area contributed by atoms with Gasteiger partial charge >= 0.3 is 0 Å². The monoisotopic (exact) mass is 272 g/mol. The zero-order valence-corrected chi connectivity index (χ0v) is 11.9. The third-order valence-corrected chi connectivity index (χ3v) is 3.70. The Morgan fingerprint density at radius 1 is 1.30 bits per heavy atom. The molecule has 1 aromatic carbocycles. The van der Waals surface area contributed by atoms with Gasteiger partial charge in [-0.2, -0.15) is 0 Å². The van der Waals surface area contributed by atoms with E-state index < -0.39 is 0 Å². The van der Waals surface area contributed by atoms with Crippen LogP contribution in [0, 0.1) is 6.92 Å². The molecule has 0 aliphatic carbocycles. The molecule has 3 rings (SSSR count). The first kappa shape index (κ1) is 13.3. The zero-order valence-electron chi connectivity index (χ0n) is 11.9. The maximum Gasteiger partial charge on any atom is 0.150 e. The van der Waals surface area contributed by atoms with Gasteiger partial charge in [0.25, 0.3) is 0 Å². The van der Waals surface area contributed by atoms with E-state index in [4.69, 9.17) is 15.5 Å². The Balaban J connectivity index is 1.94. The maximum absolute atomic E-state index is 5.95. The van der Waals surface area contributed by atoms with Crippen LogP contribution >= 0.6 is 0 Å². The van der Waals surface area contributed by atoms with Crippen LogP contribution in [0.25, 0.3) is 11.0 Å². The molecule has 0 bridgehead atoms. The average molecular weight is 272 g/mol. The van der Waals surface area contributed by atoms with Gasteiger partial charge in [-0.05, 0) is 26.0 Å². The van der Waals surface area contributed by atoms with Crippen molar-refractivity contribution in [1.29, 1.82) is 0 Å². The largest absolute Gasteiger partial charge is 0.373 e. The highest BCUT2D eigenvalue weighted by Gasteiger charge is 2.25. The fourth-order valence-electron chi connectivity index (χ4n) is 2.56. The molecule has 2 aromatic rings. The number of aryl methyl sites for hydroxylation is 1. The van der Waals surface area contributed by atoms with E-state index in [1.807, 2.05) is 38.1 Å². The highest BCUT2D eigenvalue weighted by atomic mass is 16.5. The Morgan fingerprint density at radius 3 is 2.70 bits per heavy atom. The quantitative estimate of drug-likeness (QED) is 0.897. The molecule has 2 unspecified atom stereocenters. The lowest BCUT2D eigenvalue weighted by Gasteiger charge is -2.35. The molecule has 2 N–H and O–H groups in total. The summed E-state index contributed by atoms with van der Waals surface area (Å²) < 4.78 is 5.70. The molecule has 0 spiro atoms. The maximum atomic E-state index is 5.95. The molecule has 1 aliphatic heterocycles. The van der Waals surface area contributed by atoms with Gasteiger partial charge in [0.1, 0.15) is 0 Å². The minimum atomic E-state index is 0.0199. The molecule has 0 radical (unpaired) electrons. The van der Waals surface area contributed by atoms with Crippen molar-refractivity contribution in [2.45, 2.75) is 26.0 Å². The van der Waals surface area contributed by atoms with E-state index in [-0.39, 0.29) is 12.1 Å². The first-order valence-corrected chi connectivity index (χ1v) is 7.00. The van der Waals surface area contributed by atoms with E-state index in [2.05, 4.69) is 9.88 Å². The van der Waals surface area contributed by atoms with E-state index in [9.17, 15) is 0 Å². The normalized spacial score (nSPS) is 21.1. The van der Waals surface area contributed by atoms with Crippen LogP contribution in [0.1, 0.15) is 12.6 Å². The van der Waals surface area contributed by atoms with Crippen molar-refractivity contribution >= 4 is 16.9 Å². The summed E-state index contributed by atoms with van der Waals surface area (Å²) in [6.07, 6.45) is 0.0522. The van der Waals surface area contributed by atoms with Crippen molar-refractivity contribution in [3.63, 3.8) is 0 Å². The second-order valence-electron chi connectivity index (χ2n) is 5.34. The number of rotatable bonds is 2. The highest BCUT2D eigenvalue weighted by Crippen LogP contribution is 2.22. The molecular formula is C15H20N4O. The number of anilines is 1. The van der Waals surface area contributed by atoms with Crippen LogP contribution in [0.2, 0.25) is 0 Å². The summed E-state index contributed by atoms with van der Waals surface area (Å²) in [5.41, 5.74) is 8.76. The Bertz CT molecular complexity index is 614. The predicted octanol–water partition coefficient (Wildman–Crippen LogP) is 1.49. The number of nitrogens with two attached hydrogens (primary N) is 1. The number of fused-ring (bicyclic) bond motifs is 1. The minimum absolute atomic E-state index is 0.0199. The fourth-order valence-corrected chi connectivity index (χ4v) is 2.56. The Labute approximate surface area is 118 Å². The molecule has 20 heavy (non-hydrogen) atoms. The Morgan fingerprint density at radius 2 is 2.00 bits per heavy atom. The van der Waals surface area contributed by atoms with E-state index in [1.54, 1.807) is 0 Å². The van der Waals surface area contributed by atoms with Crippen molar-refractivity contribution in [3.05, 3.63) is 30.0 Å². The van der Waals surface area contributed by atoms with E-state index in [0.717, 1.165) is 35.6 Å². The Kier molecular flexibility index (Phi) is 3.54. The van der Waals surface area contributed by atoms with Gasteiger partial charge in [-0.25, -0.2) is 9.97 Å². The molecule has 2 heterocycles. The summed E-state index contributed by atoms with van der Waals surface area (Å²) in [6, 6.07) is 7.97. The first-order valence-electron chi connectivity index (χ1n) is 7.00. The second kappa shape index (κ2) is 5.34. The molecule has 1 aromatic heterocycles. The lowest BCUT2D eigenvalue weighted by molar-refractivity contribution is 0.0273. The lowest BCUT2D eigenvalue weighted by Crippen LogP contribution is -2.50. The number of para-hydroxylation sites is 2. The standard InChI is InChI=1S/C15H20N4O/c1-10(16)14-9-19(7-8-20-14)15-11(2)17-12-5-3-4-6-13(12)18-15/h3-6,10,14H,7-9,16H2,1-2H3. The molecule has 0 amide bonds. The molecule has 5 nitrogen and oxygen atoms in total. The van der Waals surface area contributed by atoms with Gasteiger partial charge in [0.2, 0.25) is 0 Å². The summed E-state index contributed by atoms with van der Waals surface area (Å²) in [7, 11) is 0. The molecular weight excluding hydrogens is 252 g/mol. The van der Waals surface area contributed by atoms with Gasteiger partial charge in [-0.15, -0.1) is 0 Å². The molecule has 1 aliphatic rings. The van der Waals surface area contributed by atoms with Gasteiger partial charge in [0.05, 0.1) is 29.4 Å². The predicted molar refractivity (Wildman–Crippen MR) is 79.9 cm³/mol. The van der Waals surface area contributed by atoms with Crippen LogP contribution in [0.15, 0.2) is 24.3 Å². The number of benzene rings is 1. The van der Waals surface area contributed by atoms with Crippen molar-refractivity contribution in [2.75, 3.05) is 24.6 Å². The van der Waals surface area contributed by atoms with E-state index in [0.29, 0.717) is 6.61 Å². The van der Waals surface area contributed by atoms with E-state index >= 15 is 0 Å².